The Morgan fingerprint density at radius 3 is 2.75 bits per heavy atom. The Morgan fingerprint density at radius 2 is 2.15 bits per heavy atom. The minimum atomic E-state index is -0.124. The van der Waals surface area contributed by atoms with Gasteiger partial charge in [0.1, 0.15) is 5.76 Å². The summed E-state index contributed by atoms with van der Waals surface area (Å²) in [4.78, 5) is 16.2. The Hall–Kier alpha value is -2.30. The van der Waals surface area contributed by atoms with Crippen molar-refractivity contribution in [1.82, 2.24) is 10.3 Å². The summed E-state index contributed by atoms with van der Waals surface area (Å²) in [5.74, 6) is 1.12. The maximum atomic E-state index is 12.1. The first kappa shape index (κ1) is 14.1. The van der Waals surface area contributed by atoms with Crippen LogP contribution in [0.3, 0.4) is 0 Å². The van der Waals surface area contributed by atoms with Crippen molar-refractivity contribution in [2.24, 2.45) is 0 Å². The molecule has 2 rings (SSSR count). The topological polar surface area (TPSA) is 67.2 Å². The molecule has 0 atom stereocenters. The Morgan fingerprint density at radius 1 is 1.35 bits per heavy atom. The van der Waals surface area contributed by atoms with E-state index in [-0.39, 0.29) is 5.91 Å². The molecule has 0 saturated heterocycles. The molecule has 0 unspecified atom stereocenters. The first-order valence-corrected chi connectivity index (χ1v) is 6.64. The van der Waals surface area contributed by atoms with Crippen LogP contribution in [0.5, 0.6) is 0 Å². The Balaban J connectivity index is 2.01. The fourth-order valence-electron chi connectivity index (χ4n) is 1.97. The van der Waals surface area contributed by atoms with E-state index in [1.54, 1.807) is 6.20 Å². The molecule has 1 aromatic heterocycles. The van der Waals surface area contributed by atoms with Gasteiger partial charge in [-0.2, -0.15) is 0 Å². The highest BCUT2D eigenvalue weighted by Crippen LogP contribution is 2.15. The van der Waals surface area contributed by atoms with Crippen molar-refractivity contribution in [2.45, 2.75) is 27.3 Å². The number of benzene rings is 1. The third kappa shape index (κ3) is 3.38. The molecule has 5 nitrogen and oxygen atoms in total. The summed E-state index contributed by atoms with van der Waals surface area (Å²) in [6.07, 6.45) is 1.64. The number of aryl methyl sites for hydroxylation is 2. The monoisotopic (exact) mass is 273 g/mol. The van der Waals surface area contributed by atoms with Crippen molar-refractivity contribution < 1.29 is 9.21 Å². The average Bonchev–Trinajstić information content (AvgIpc) is 2.82. The molecule has 1 amide bonds. The number of hydrogen-bond donors (Lipinski definition) is 2. The number of aromatic nitrogens is 1. The first-order valence-electron chi connectivity index (χ1n) is 6.64. The van der Waals surface area contributed by atoms with Gasteiger partial charge in [-0.05, 0) is 44.5 Å². The molecule has 0 aliphatic rings. The Kier molecular flexibility index (Phi) is 4.40. The van der Waals surface area contributed by atoms with Crippen molar-refractivity contribution in [2.75, 3.05) is 11.9 Å². The smallest absolute Gasteiger partial charge is 0.251 e. The molecule has 1 aromatic carbocycles. The largest absolute Gasteiger partial charge is 0.444 e. The van der Waals surface area contributed by atoms with Gasteiger partial charge in [0, 0.05) is 17.8 Å². The van der Waals surface area contributed by atoms with Gasteiger partial charge >= 0.3 is 0 Å². The number of rotatable bonds is 5. The van der Waals surface area contributed by atoms with E-state index in [9.17, 15) is 4.79 Å². The standard InChI is InChI=1S/C15H19N3O2/c1-4-16-12-5-6-13(10(2)7-12)15(19)18-9-14-17-8-11(3)20-14/h5-8,16H,4,9H2,1-3H3,(H,18,19). The molecule has 0 aliphatic heterocycles. The van der Waals surface area contributed by atoms with Crippen LogP contribution in [-0.4, -0.2) is 17.4 Å². The lowest BCUT2D eigenvalue weighted by Gasteiger charge is -2.09. The summed E-state index contributed by atoms with van der Waals surface area (Å²) in [7, 11) is 0. The molecular formula is C15H19N3O2. The summed E-state index contributed by atoms with van der Waals surface area (Å²) in [6.45, 7) is 6.93. The van der Waals surface area contributed by atoms with Crippen molar-refractivity contribution >= 4 is 11.6 Å². The van der Waals surface area contributed by atoms with Crippen molar-refractivity contribution in [3.8, 4) is 0 Å². The number of hydrogen-bond acceptors (Lipinski definition) is 4. The van der Waals surface area contributed by atoms with E-state index in [2.05, 4.69) is 15.6 Å². The number of carbonyl (C=O) groups is 1. The zero-order valence-corrected chi connectivity index (χ0v) is 12.0. The van der Waals surface area contributed by atoms with Crippen LogP contribution in [0.2, 0.25) is 0 Å². The molecule has 2 aromatic rings. The van der Waals surface area contributed by atoms with E-state index in [1.807, 2.05) is 39.0 Å². The molecule has 5 heteroatoms. The summed E-state index contributed by atoms with van der Waals surface area (Å²) < 4.78 is 5.32. The highest BCUT2D eigenvalue weighted by Gasteiger charge is 2.10. The second kappa shape index (κ2) is 6.23. The maximum Gasteiger partial charge on any atom is 0.251 e. The molecule has 0 spiro atoms. The van der Waals surface area contributed by atoms with Gasteiger partial charge in [-0.3, -0.25) is 4.79 Å². The van der Waals surface area contributed by atoms with Crippen molar-refractivity contribution in [3.05, 3.63) is 47.2 Å². The van der Waals surface area contributed by atoms with Crippen molar-refractivity contribution in [3.63, 3.8) is 0 Å². The lowest BCUT2D eigenvalue weighted by molar-refractivity contribution is 0.0946. The second-order valence-corrected chi connectivity index (χ2v) is 4.61. The summed E-state index contributed by atoms with van der Waals surface area (Å²) in [6, 6.07) is 5.69. The Labute approximate surface area is 118 Å². The van der Waals surface area contributed by atoms with Gasteiger partial charge < -0.3 is 15.1 Å². The number of carbonyl (C=O) groups excluding carboxylic acids is 1. The van der Waals surface area contributed by atoms with Gasteiger partial charge in [-0.15, -0.1) is 0 Å². The minimum absolute atomic E-state index is 0.124. The zero-order chi connectivity index (χ0) is 14.5. The lowest BCUT2D eigenvalue weighted by atomic mass is 10.1. The average molecular weight is 273 g/mol. The zero-order valence-electron chi connectivity index (χ0n) is 12.0. The predicted molar refractivity (Wildman–Crippen MR) is 77.8 cm³/mol. The van der Waals surface area contributed by atoms with Gasteiger partial charge in [-0.25, -0.2) is 4.98 Å². The SMILES string of the molecule is CCNc1ccc(C(=O)NCc2ncc(C)o2)c(C)c1. The minimum Gasteiger partial charge on any atom is -0.444 e. The number of nitrogens with zero attached hydrogens (tertiary/aromatic N) is 1. The summed E-state index contributed by atoms with van der Waals surface area (Å²) in [5, 5.41) is 6.02. The van der Waals surface area contributed by atoms with Crippen LogP contribution in [-0.2, 0) is 6.54 Å². The van der Waals surface area contributed by atoms with Crippen LogP contribution >= 0.6 is 0 Å². The number of anilines is 1. The van der Waals surface area contributed by atoms with Gasteiger partial charge in [0.15, 0.2) is 0 Å². The van der Waals surface area contributed by atoms with Crippen LogP contribution in [0.1, 0.15) is 34.5 Å². The molecule has 20 heavy (non-hydrogen) atoms. The van der Waals surface area contributed by atoms with Gasteiger partial charge in [0.25, 0.3) is 5.91 Å². The van der Waals surface area contributed by atoms with E-state index >= 15 is 0 Å². The Bertz CT molecular complexity index is 605. The first-order chi connectivity index (χ1) is 9.60. The van der Waals surface area contributed by atoms with Crippen LogP contribution in [0, 0.1) is 13.8 Å². The molecule has 0 aliphatic carbocycles. The fourth-order valence-corrected chi connectivity index (χ4v) is 1.97. The van der Waals surface area contributed by atoms with Crippen molar-refractivity contribution in [1.29, 1.82) is 0 Å². The summed E-state index contributed by atoms with van der Waals surface area (Å²) in [5.41, 5.74) is 2.62. The molecule has 0 radical (unpaired) electrons. The number of oxazole rings is 1. The predicted octanol–water partition coefficient (Wildman–Crippen LogP) is 2.65. The molecule has 0 saturated carbocycles. The molecule has 106 valence electrons. The molecule has 2 N–H and O–H groups in total. The van der Waals surface area contributed by atoms with E-state index in [4.69, 9.17) is 4.42 Å². The molecule has 0 fully saturated rings. The number of nitrogens with one attached hydrogen (secondary N) is 2. The molecule has 1 heterocycles. The molecule has 0 bridgehead atoms. The van der Waals surface area contributed by atoms with Crippen LogP contribution in [0.4, 0.5) is 5.69 Å². The highest BCUT2D eigenvalue weighted by molar-refractivity contribution is 5.95. The third-order valence-corrected chi connectivity index (χ3v) is 2.92. The van der Waals surface area contributed by atoms with Crippen LogP contribution in [0.15, 0.2) is 28.8 Å². The second-order valence-electron chi connectivity index (χ2n) is 4.61. The maximum absolute atomic E-state index is 12.1. The normalized spacial score (nSPS) is 10.3. The molecular weight excluding hydrogens is 254 g/mol. The van der Waals surface area contributed by atoms with Gasteiger partial charge in [0.05, 0.1) is 12.7 Å². The fraction of sp³-hybridized carbons (Fsp3) is 0.333. The van der Waals surface area contributed by atoms with E-state index in [1.165, 1.54) is 0 Å². The van der Waals surface area contributed by atoms with Gasteiger partial charge in [0.2, 0.25) is 5.89 Å². The lowest BCUT2D eigenvalue weighted by Crippen LogP contribution is -2.23. The van der Waals surface area contributed by atoms with Gasteiger partial charge in [-0.1, -0.05) is 0 Å². The summed E-state index contributed by atoms with van der Waals surface area (Å²) >= 11 is 0. The van der Waals surface area contributed by atoms with E-state index in [0.717, 1.165) is 23.6 Å². The van der Waals surface area contributed by atoms with E-state index < -0.39 is 0 Å². The highest BCUT2D eigenvalue weighted by atomic mass is 16.4. The quantitative estimate of drug-likeness (QED) is 0.879. The third-order valence-electron chi connectivity index (χ3n) is 2.92. The van der Waals surface area contributed by atoms with Crippen LogP contribution in [0.25, 0.3) is 0 Å². The van der Waals surface area contributed by atoms with E-state index in [0.29, 0.717) is 18.0 Å². The number of amides is 1. The van der Waals surface area contributed by atoms with Crippen LogP contribution < -0.4 is 10.6 Å².